The van der Waals surface area contributed by atoms with E-state index in [0.717, 1.165) is 57.1 Å². The summed E-state index contributed by atoms with van der Waals surface area (Å²) in [6.45, 7) is 4.28. The molecule has 4 aliphatic rings. The van der Waals surface area contributed by atoms with Gasteiger partial charge in [0.15, 0.2) is 12.6 Å². The van der Waals surface area contributed by atoms with Crippen LogP contribution in [0.2, 0.25) is 0 Å². The van der Waals surface area contributed by atoms with E-state index in [9.17, 15) is 24.9 Å². The number of amides is 1. The topological polar surface area (TPSA) is 128 Å². The Morgan fingerprint density at radius 3 is 2.58 bits per heavy atom. The molecule has 0 aliphatic heterocycles. The molecule has 38 heavy (non-hydrogen) atoms. The normalized spacial score (nSPS) is 36.7. The van der Waals surface area contributed by atoms with Gasteiger partial charge in [-0.25, -0.2) is 4.79 Å². The van der Waals surface area contributed by atoms with E-state index in [1.165, 1.54) is 5.57 Å². The second-order valence-corrected chi connectivity index (χ2v) is 12.2. The number of oxime groups is 1. The number of aliphatic hydroxyl groups excluding tert-OH is 2. The molecule has 3 fully saturated rings. The first-order valence-corrected chi connectivity index (χ1v) is 14.0. The first-order chi connectivity index (χ1) is 18.1. The number of fused-ring (bicyclic) bond motifs is 5. The summed E-state index contributed by atoms with van der Waals surface area (Å²) in [5.74, 6) is -0.0813. The molecule has 4 aliphatic carbocycles. The number of carbonyl (C=O) groups excluding carboxylic acids is 1. The van der Waals surface area contributed by atoms with E-state index in [-0.39, 0.29) is 16.9 Å². The molecule has 8 unspecified atom stereocenters. The number of rotatable bonds is 7. The van der Waals surface area contributed by atoms with E-state index in [4.69, 9.17) is 4.84 Å². The second kappa shape index (κ2) is 10.5. The Bertz CT molecular complexity index is 1120. The smallest absolute Gasteiger partial charge is 0.329 e. The third-order valence-electron chi connectivity index (χ3n) is 10.3. The van der Waals surface area contributed by atoms with Gasteiger partial charge in [-0.2, -0.15) is 0 Å². The lowest BCUT2D eigenvalue weighted by molar-refractivity contribution is -0.146. The average Bonchev–Trinajstić information content (AvgIpc) is 3.21. The van der Waals surface area contributed by atoms with Gasteiger partial charge in [-0.1, -0.05) is 54.9 Å². The Morgan fingerprint density at radius 1 is 1.08 bits per heavy atom. The number of carbonyl (C=O) groups is 2. The average molecular weight is 525 g/mol. The number of aliphatic hydroxyl groups is 2. The number of nitrogens with zero attached hydrogens (tertiary/aromatic N) is 1. The fraction of sp³-hybridized carbons (Fsp3) is 0.633. The van der Waals surface area contributed by atoms with Gasteiger partial charge in [0.25, 0.3) is 5.91 Å². The fourth-order valence-corrected chi connectivity index (χ4v) is 8.12. The van der Waals surface area contributed by atoms with Gasteiger partial charge in [-0.05, 0) is 91.6 Å². The van der Waals surface area contributed by atoms with Gasteiger partial charge in [0.1, 0.15) is 6.10 Å². The minimum Gasteiger partial charge on any atom is -0.480 e. The lowest BCUT2D eigenvalue weighted by atomic mass is 9.47. The Labute approximate surface area is 224 Å². The molecule has 0 aromatic heterocycles. The summed E-state index contributed by atoms with van der Waals surface area (Å²) in [5.41, 5.74) is 2.83. The molecule has 1 aromatic carbocycles. The molecule has 5 rings (SSSR count). The van der Waals surface area contributed by atoms with Gasteiger partial charge in [0.2, 0.25) is 0 Å². The Kier molecular flexibility index (Phi) is 7.40. The Balaban J connectivity index is 1.19. The van der Waals surface area contributed by atoms with Crippen LogP contribution in [0.15, 0.2) is 47.1 Å². The molecule has 8 heteroatoms. The molecule has 0 saturated heterocycles. The summed E-state index contributed by atoms with van der Waals surface area (Å²) in [6.07, 6.45) is 8.86. The zero-order valence-electron chi connectivity index (χ0n) is 22.3. The summed E-state index contributed by atoms with van der Waals surface area (Å²) >= 11 is 0. The summed E-state index contributed by atoms with van der Waals surface area (Å²) in [4.78, 5) is 29.4. The number of carboxylic acids is 1. The third-order valence-corrected chi connectivity index (χ3v) is 10.3. The molecule has 8 nitrogen and oxygen atoms in total. The number of hydrogen-bond donors (Lipinski definition) is 4. The van der Waals surface area contributed by atoms with Crippen LogP contribution in [0.4, 0.5) is 0 Å². The van der Waals surface area contributed by atoms with Crippen LogP contribution in [0.3, 0.4) is 0 Å². The lowest BCUT2D eigenvalue weighted by Crippen LogP contribution is -2.51. The predicted molar refractivity (Wildman–Crippen MR) is 142 cm³/mol. The monoisotopic (exact) mass is 524 g/mol. The SMILES string of the molecule is CC12CCC(=NOCC(=O)NC(C(=O)O)C(O)c3ccccc3)C=C1CCC1C2CCC2(C)C(O)CCC12. The zero-order valence-corrected chi connectivity index (χ0v) is 22.3. The summed E-state index contributed by atoms with van der Waals surface area (Å²) in [7, 11) is 0. The molecular weight excluding hydrogens is 484 g/mol. The van der Waals surface area contributed by atoms with Crippen molar-refractivity contribution >= 4 is 17.6 Å². The van der Waals surface area contributed by atoms with Gasteiger partial charge in [-0.3, -0.25) is 4.79 Å². The highest BCUT2D eigenvalue weighted by molar-refractivity contribution is 5.96. The standard InChI is InChI=1S/C30H40N2O6/c1-29-14-12-20(16-19(29)8-9-21-22-10-11-24(33)30(22,2)15-13-23(21)29)32-38-17-25(34)31-26(28(36)37)27(35)18-6-4-3-5-7-18/h3-7,16,21-24,26-27,33,35H,8-15,17H2,1-2H3,(H,31,34)(H,36,37). The van der Waals surface area contributed by atoms with Crippen LogP contribution in [0, 0.1) is 28.6 Å². The Hall–Kier alpha value is -2.71. The fourth-order valence-electron chi connectivity index (χ4n) is 8.12. The number of benzene rings is 1. The minimum atomic E-state index is -1.49. The second-order valence-electron chi connectivity index (χ2n) is 12.2. The maximum absolute atomic E-state index is 12.4. The lowest BCUT2D eigenvalue weighted by Gasteiger charge is -2.57. The summed E-state index contributed by atoms with van der Waals surface area (Å²) in [6, 6.07) is 6.87. The molecule has 1 aromatic rings. The molecule has 3 saturated carbocycles. The van der Waals surface area contributed by atoms with Gasteiger partial charge >= 0.3 is 5.97 Å². The van der Waals surface area contributed by atoms with Gasteiger partial charge in [0, 0.05) is 0 Å². The molecule has 8 atom stereocenters. The zero-order chi connectivity index (χ0) is 27.1. The highest BCUT2D eigenvalue weighted by Crippen LogP contribution is 2.65. The van der Waals surface area contributed by atoms with Crippen LogP contribution < -0.4 is 5.32 Å². The highest BCUT2D eigenvalue weighted by atomic mass is 16.6. The highest BCUT2D eigenvalue weighted by Gasteiger charge is 2.58. The summed E-state index contributed by atoms with van der Waals surface area (Å²) in [5, 5.41) is 37.2. The van der Waals surface area contributed by atoms with Crippen molar-refractivity contribution in [3.05, 3.63) is 47.5 Å². The third kappa shape index (κ3) is 4.77. The van der Waals surface area contributed by atoms with Crippen molar-refractivity contribution in [2.75, 3.05) is 6.61 Å². The van der Waals surface area contributed by atoms with E-state index in [1.54, 1.807) is 30.3 Å². The predicted octanol–water partition coefficient (Wildman–Crippen LogP) is 3.99. The maximum Gasteiger partial charge on any atom is 0.329 e. The van der Waals surface area contributed by atoms with Crippen molar-refractivity contribution in [2.24, 2.45) is 33.7 Å². The van der Waals surface area contributed by atoms with Crippen molar-refractivity contribution in [2.45, 2.75) is 83.5 Å². The van der Waals surface area contributed by atoms with Crippen molar-refractivity contribution in [1.29, 1.82) is 0 Å². The van der Waals surface area contributed by atoms with Crippen molar-refractivity contribution < 1.29 is 29.7 Å². The van der Waals surface area contributed by atoms with Crippen molar-refractivity contribution in [1.82, 2.24) is 5.32 Å². The molecular formula is C30H40N2O6. The number of nitrogens with one attached hydrogen (secondary N) is 1. The molecule has 206 valence electrons. The molecule has 0 heterocycles. The van der Waals surface area contributed by atoms with Crippen LogP contribution in [0.5, 0.6) is 0 Å². The Morgan fingerprint density at radius 2 is 1.84 bits per heavy atom. The molecule has 0 bridgehead atoms. The van der Waals surface area contributed by atoms with E-state index in [0.29, 0.717) is 23.3 Å². The van der Waals surface area contributed by atoms with Crippen molar-refractivity contribution in [3.63, 3.8) is 0 Å². The van der Waals surface area contributed by atoms with E-state index in [1.807, 2.05) is 0 Å². The van der Waals surface area contributed by atoms with Gasteiger partial charge < -0.3 is 25.5 Å². The first-order valence-electron chi connectivity index (χ1n) is 14.0. The van der Waals surface area contributed by atoms with Crippen LogP contribution in [-0.2, 0) is 14.4 Å². The van der Waals surface area contributed by atoms with Gasteiger partial charge in [0.05, 0.1) is 11.8 Å². The quantitative estimate of drug-likeness (QED) is 0.400. The molecule has 4 N–H and O–H groups in total. The molecule has 1 amide bonds. The van der Waals surface area contributed by atoms with E-state index >= 15 is 0 Å². The van der Waals surface area contributed by atoms with E-state index in [2.05, 4.69) is 30.4 Å². The number of hydrogen-bond acceptors (Lipinski definition) is 6. The maximum atomic E-state index is 12.4. The molecule has 0 spiro atoms. The van der Waals surface area contributed by atoms with Crippen molar-refractivity contribution in [3.8, 4) is 0 Å². The van der Waals surface area contributed by atoms with Crippen LogP contribution >= 0.6 is 0 Å². The first kappa shape index (κ1) is 26.9. The van der Waals surface area contributed by atoms with Gasteiger partial charge in [-0.15, -0.1) is 0 Å². The van der Waals surface area contributed by atoms with Crippen LogP contribution in [-0.4, -0.2) is 51.7 Å². The van der Waals surface area contributed by atoms with E-state index < -0.39 is 30.6 Å². The number of allylic oxidation sites excluding steroid dienone is 2. The minimum absolute atomic E-state index is 0.0746. The number of aliphatic carboxylic acids is 1. The van der Waals surface area contributed by atoms with Crippen LogP contribution in [0.1, 0.15) is 76.9 Å². The largest absolute Gasteiger partial charge is 0.480 e. The number of carboxylic acid groups (broad SMARTS) is 1. The summed E-state index contributed by atoms with van der Waals surface area (Å²) < 4.78 is 0. The molecule has 0 radical (unpaired) electrons. The van der Waals surface area contributed by atoms with Crippen LogP contribution in [0.25, 0.3) is 0 Å².